The molecule has 3 aromatic carbocycles. The fraction of sp³-hybridized carbons (Fsp3) is 0.222. The molecule has 0 radical (unpaired) electrons. The van der Waals surface area contributed by atoms with Crippen LogP contribution in [0.15, 0.2) is 71.6 Å². The zero-order valence-electron chi connectivity index (χ0n) is 19.0. The molecular weight excluding hydrogens is 450 g/mol. The van der Waals surface area contributed by atoms with Crippen LogP contribution < -0.4 is 4.74 Å². The van der Waals surface area contributed by atoms with Gasteiger partial charge in [-0.05, 0) is 57.8 Å². The number of imide groups is 1. The number of benzene rings is 3. The monoisotopic (exact) mass is 475 g/mol. The van der Waals surface area contributed by atoms with Crippen molar-refractivity contribution in [2.75, 3.05) is 13.2 Å². The molecule has 3 aromatic rings. The molecule has 0 aromatic heterocycles. The number of carbonyl (C=O) groups is 3. The molecule has 1 aliphatic rings. The van der Waals surface area contributed by atoms with Crippen LogP contribution in [0.25, 0.3) is 16.8 Å². The van der Waals surface area contributed by atoms with E-state index in [2.05, 4.69) is 18.2 Å². The summed E-state index contributed by atoms with van der Waals surface area (Å²) in [4.78, 5) is 37.9. The number of fused-ring (bicyclic) bond motifs is 1. The molecule has 0 aliphatic carbocycles. The number of carbonyl (C=O) groups excluding carboxylic acids is 3. The van der Waals surface area contributed by atoms with Gasteiger partial charge in [0.2, 0.25) is 0 Å². The Labute approximate surface area is 202 Å². The van der Waals surface area contributed by atoms with Gasteiger partial charge in [0.1, 0.15) is 18.9 Å². The molecule has 1 saturated heterocycles. The first kappa shape index (κ1) is 23.6. The Morgan fingerprint density at radius 3 is 2.50 bits per heavy atom. The van der Waals surface area contributed by atoms with Crippen LogP contribution >= 0.6 is 11.8 Å². The number of ether oxygens (including phenoxy) is 2. The van der Waals surface area contributed by atoms with Crippen LogP contribution in [0.5, 0.6) is 5.75 Å². The summed E-state index contributed by atoms with van der Waals surface area (Å²) in [5, 5.41) is 1.85. The Hall–Kier alpha value is -3.58. The molecule has 174 valence electrons. The molecule has 7 heteroatoms. The van der Waals surface area contributed by atoms with E-state index in [0.29, 0.717) is 12.4 Å². The van der Waals surface area contributed by atoms with Crippen molar-refractivity contribution in [1.82, 2.24) is 4.90 Å². The number of esters is 1. The molecule has 1 fully saturated rings. The van der Waals surface area contributed by atoms with Crippen LogP contribution in [0.1, 0.15) is 25.0 Å². The van der Waals surface area contributed by atoms with Gasteiger partial charge in [-0.15, -0.1) is 0 Å². The van der Waals surface area contributed by atoms with Crippen molar-refractivity contribution in [2.24, 2.45) is 5.92 Å². The lowest BCUT2D eigenvalue weighted by atomic mass is 10.1. The zero-order valence-corrected chi connectivity index (χ0v) is 19.8. The summed E-state index contributed by atoms with van der Waals surface area (Å²) in [7, 11) is 0. The van der Waals surface area contributed by atoms with E-state index in [1.165, 1.54) is 5.39 Å². The second kappa shape index (κ2) is 10.6. The highest BCUT2D eigenvalue weighted by Gasteiger charge is 2.36. The average Bonchev–Trinajstić information content (AvgIpc) is 3.09. The molecular formula is C27H25NO5S. The molecule has 1 heterocycles. The van der Waals surface area contributed by atoms with E-state index in [9.17, 15) is 14.4 Å². The summed E-state index contributed by atoms with van der Waals surface area (Å²) < 4.78 is 11.0. The van der Waals surface area contributed by atoms with Gasteiger partial charge in [-0.2, -0.15) is 0 Å². The van der Waals surface area contributed by atoms with E-state index >= 15 is 0 Å². The highest BCUT2D eigenvalue weighted by molar-refractivity contribution is 8.18. The van der Waals surface area contributed by atoms with Crippen LogP contribution in [0.3, 0.4) is 0 Å². The summed E-state index contributed by atoms with van der Waals surface area (Å²) in [5.74, 6) is -0.207. The van der Waals surface area contributed by atoms with Crippen LogP contribution in [0.2, 0.25) is 0 Å². The summed E-state index contributed by atoms with van der Waals surface area (Å²) >= 11 is 0.815. The normalized spacial score (nSPS) is 14.9. The minimum Gasteiger partial charge on any atom is -0.489 e. The van der Waals surface area contributed by atoms with Crippen molar-refractivity contribution in [1.29, 1.82) is 0 Å². The quantitative estimate of drug-likeness (QED) is 0.309. The van der Waals surface area contributed by atoms with Gasteiger partial charge in [-0.1, -0.05) is 68.4 Å². The number of hydrogen-bond donors (Lipinski definition) is 0. The number of thioether (sulfide) groups is 1. The Balaban J connectivity index is 1.38. The van der Waals surface area contributed by atoms with Gasteiger partial charge >= 0.3 is 5.97 Å². The Bertz CT molecular complexity index is 1240. The molecule has 34 heavy (non-hydrogen) atoms. The molecule has 0 spiro atoms. The SMILES string of the molecule is CC(C)COC(=O)CN1C(=O)S/C(=C/c2ccc(OCc3cccc4ccccc34)cc2)C1=O. The molecule has 0 bridgehead atoms. The fourth-order valence-electron chi connectivity index (χ4n) is 3.46. The van der Waals surface area contributed by atoms with Gasteiger partial charge in [0.15, 0.2) is 0 Å². The largest absolute Gasteiger partial charge is 0.489 e. The van der Waals surface area contributed by atoms with Gasteiger partial charge in [0.25, 0.3) is 11.1 Å². The molecule has 4 rings (SSSR count). The average molecular weight is 476 g/mol. The van der Waals surface area contributed by atoms with Crippen LogP contribution in [-0.4, -0.2) is 35.2 Å². The van der Waals surface area contributed by atoms with Crippen molar-refractivity contribution >= 4 is 45.7 Å². The van der Waals surface area contributed by atoms with E-state index in [4.69, 9.17) is 9.47 Å². The smallest absolute Gasteiger partial charge is 0.326 e. The predicted molar refractivity (Wildman–Crippen MR) is 133 cm³/mol. The Kier molecular flexibility index (Phi) is 7.33. The van der Waals surface area contributed by atoms with E-state index in [1.807, 2.05) is 62.4 Å². The zero-order chi connectivity index (χ0) is 24.1. The third-order valence-corrected chi connectivity index (χ3v) is 6.10. The maximum absolute atomic E-state index is 12.6. The maximum Gasteiger partial charge on any atom is 0.326 e. The van der Waals surface area contributed by atoms with Gasteiger partial charge < -0.3 is 9.47 Å². The van der Waals surface area contributed by atoms with Crippen molar-refractivity contribution in [3.05, 3.63) is 82.8 Å². The molecule has 0 atom stereocenters. The third-order valence-electron chi connectivity index (χ3n) is 5.19. The first-order chi connectivity index (χ1) is 16.4. The van der Waals surface area contributed by atoms with Crippen molar-refractivity contribution < 1.29 is 23.9 Å². The van der Waals surface area contributed by atoms with Gasteiger partial charge in [-0.25, -0.2) is 0 Å². The maximum atomic E-state index is 12.6. The van der Waals surface area contributed by atoms with E-state index < -0.39 is 17.1 Å². The minimum absolute atomic E-state index is 0.178. The Morgan fingerprint density at radius 1 is 1.00 bits per heavy atom. The van der Waals surface area contributed by atoms with E-state index in [1.54, 1.807) is 6.08 Å². The van der Waals surface area contributed by atoms with Crippen molar-refractivity contribution in [3.63, 3.8) is 0 Å². The van der Waals surface area contributed by atoms with E-state index in [-0.39, 0.29) is 24.0 Å². The van der Waals surface area contributed by atoms with Gasteiger partial charge in [0.05, 0.1) is 11.5 Å². The highest BCUT2D eigenvalue weighted by Crippen LogP contribution is 2.32. The number of nitrogens with zero attached hydrogens (tertiary/aromatic N) is 1. The first-order valence-electron chi connectivity index (χ1n) is 11.0. The van der Waals surface area contributed by atoms with Gasteiger partial charge in [-0.3, -0.25) is 19.3 Å². The molecule has 2 amide bonds. The summed E-state index contributed by atoms with van der Waals surface area (Å²) in [6, 6.07) is 21.6. The number of rotatable bonds is 8. The van der Waals surface area contributed by atoms with E-state index in [0.717, 1.165) is 33.2 Å². The second-order valence-corrected chi connectivity index (χ2v) is 9.33. The number of amides is 2. The molecule has 0 unspecified atom stereocenters. The van der Waals surface area contributed by atoms with Crippen molar-refractivity contribution in [2.45, 2.75) is 20.5 Å². The molecule has 1 aliphatic heterocycles. The number of hydrogen-bond acceptors (Lipinski definition) is 6. The van der Waals surface area contributed by atoms with Crippen LogP contribution in [0.4, 0.5) is 4.79 Å². The van der Waals surface area contributed by atoms with Crippen molar-refractivity contribution in [3.8, 4) is 5.75 Å². The van der Waals surface area contributed by atoms with Gasteiger partial charge in [0, 0.05) is 0 Å². The Morgan fingerprint density at radius 2 is 1.74 bits per heavy atom. The summed E-state index contributed by atoms with van der Waals surface area (Å²) in [6.45, 7) is 4.13. The third kappa shape index (κ3) is 5.66. The van der Waals surface area contributed by atoms with Crippen LogP contribution in [-0.2, 0) is 20.9 Å². The fourth-order valence-corrected chi connectivity index (χ4v) is 4.30. The summed E-state index contributed by atoms with van der Waals surface area (Å²) in [5.41, 5.74) is 1.85. The second-order valence-electron chi connectivity index (χ2n) is 8.34. The standard InChI is InChI=1S/C27H25NO5S/c1-18(2)16-33-25(29)15-28-26(30)24(34-27(28)31)14-19-10-12-22(13-11-19)32-17-21-8-5-7-20-6-3-4-9-23(20)21/h3-14,18H,15-17H2,1-2H3/b24-14+. The molecule has 6 nitrogen and oxygen atoms in total. The first-order valence-corrected chi connectivity index (χ1v) is 11.8. The topological polar surface area (TPSA) is 72.9 Å². The lowest BCUT2D eigenvalue weighted by Gasteiger charge is -2.12. The molecule has 0 N–H and O–H groups in total. The molecule has 0 saturated carbocycles. The predicted octanol–water partition coefficient (Wildman–Crippen LogP) is 5.65. The highest BCUT2D eigenvalue weighted by atomic mass is 32.2. The lowest BCUT2D eigenvalue weighted by Crippen LogP contribution is -2.34. The summed E-state index contributed by atoms with van der Waals surface area (Å²) in [6.07, 6.45) is 1.64. The minimum atomic E-state index is -0.593. The van der Waals surface area contributed by atoms with Crippen LogP contribution in [0, 0.1) is 5.92 Å². The lowest BCUT2D eigenvalue weighted by molar-refractivity contribution is -0.147.